The van der Waals surface area contributed by atoms with Gasteiger partial charge < -0.3 is 20.7 Å². The number of rotatable bonds is 13. The summed E-state index contributed by atoms with van der Waals surface area (Å²) in [5.74, 6) is -3.78. The number of fused-ring (bicyclic) bond motifs is 1. The summed E-state index contributed by atoms with van der Waals surface area (Å²) < 4.78 is 109. The van der Waals surface area contributed by atoms with Crippen LogP contribution in [-0.4, -0.2) is 67.9 Å². The molecule has 1 amide bonds. The fraction of sp³-hybridized carbons (Fsp3) is 0.0968. The molecule has 0 atom stereocenters. The topological polar surface area (TPSA) is 347 Å². The molecule has 0 bridgehead atoms. The summed E-state index contributed by atoms with van der Waals surface area (Å²) in [6.45, 7) is 5.89. The van der Waals surface area contributed by atoms with Crippen molar-refractivity contribution in [2.45, 2.75) is 28.5 Å². The Balaban J connectivity index is 0.00000841. The first-order valence-electron chi connectivity index (χ1n) is 14.7. The zero-order valence-electron chi connectivity index (χ0n) is 28.6. The molecule has 7 N–H and O–H groups in total. The minimum atomic E-state index is -5.45. The van der Waals surface area contributed by atoms with E-state index in [9.17, 15) is 58.7 Å². The molecule has 4 aromatic rings. The number of ketones is 1. The number of carbonyl (C=O) groups is 2. The second-order valence-corrected chi connectivity index (χ2v) is 15.1. The molecule has 4 rings (SSSR count). The molecule has 21 nitrogen and oxygen atoms in total. The minimum absolute atomic E-state index is 0. The molecule has 299 valence electrons. The Hall–Kier alpha value is -5.79. The van der Waals surface area contributed by atoms with Crippen LogP contribution in [0, 0.1) is 0 Å². The molecular weight excluding hydrogens is 854 g/mol. The van der Waals surface area contributed by atoms with Gasteiger partial charge in [0.1, 0.15) is 48.9 Å². The van der Waals surface area contributed by atoms with Crippen LogP contribution in [-0.2, 0) is 57.0 Å². The third-order valence-electron chi connectivity index (χ3n) is 7.34. The van der Waals surface area contributed by atoms with Crippen LogP contribution in [0.4, 0.5) is 28.4 Å². The molecule has 0 aliphatic rings. The number of carbonyl (C=O) groups excluding carboxylic acids is 2. The van der Waals surface area contributed by atoms with Crippen molar-refractivity contribution < 1.29 is 80.5 Å². The van der Waals surface area contributed by atoms with Crippen LogP contribution in [0.25, 0.3) is 10.8 Å². The summed E-state index contributed by atoms with van der Waals surface area (Å²) in [6.07, 6.45) is 0. The maximum Gasteiger partial charge on any atom is 0.296 e. The predicted octanol–water partition coefficient (Wildman–Crippen LogP) is 5.82. The molecule has 4 aromatic carbocycles. The number of hydrogen-bond acceptors (Lipinski definition) is 17. The van der Waals surface area contributed by atoms with Crippen molar-refractivity contribution in [3.8, 4) is 17.2 Å². The van der Waals surface area contributed by atoms with E-state index < -0.39 is 107 Å². The minimum Gasteiger partial charge on any atom is -0.506 e. The van der Waals surface area contributed by atoms with Gasteiger partial charge in [0.2, 0.25) is 0 Å². The number of azo groups is 3. The second-order valence-electron chi connectivity index (χ2n) is 11.0. The van der Waals surface area contributed by atoms with Crippen LogP contribution >= 0.6 is 0 Å². The van der Waals surface area contributed by atoms with E-state index in [2.05, 4.69) is 37.3 Å². The number of amides is 1. The van der Waals surface area contributed by atoms with E-state index in [1.165, 1.54) is 26.2 Å². The third kappa shape index (κ3) is 9.71. The normalized spacial score (nSPS) is 12.9. The van der Waals surface area contributed by atoms with Crippen molar-refractivity contribution in [2.24, 2.45) is 36.4 Å². The van der Waals surface area contributed by atoms with Crippen LogP contribution in [0.15, 0.2) is 123 Å². The summed E-state index contributed by atoms with van der Waals surface area (Å²) >= 11 is 0. The number of para-hydroxylation sites is 1. The number of phenolic OH excluding ortho intramolecular Hbond substituents is 2. The average Bonchev–Trinajstić information content (AvgIpc) is 3.07. The van der Waals surface area contributed by atoms with Crippen molar-refractivity contribution in [3.63, 3.8) is 0 Å². The standard InChI is InChI=1S/C31H27N7O14S3.Cu/c1-14(27(16(3)39)31(32)42)15(2)33-35-19-9-10-24(53(43,44)45)17-11-26(55(49,50)51)29(30(41)28(17)19)38-36-20-13-25(54(46,47)48)21(12-22(20)40)37-34-18-7-5-6-8-23(18)52-4;/h5-13,40-41H,2H2,1,3-4H3,(H2,32,42)(H,43,44,45)(H,46,47,48)(H,49,50,51);/b27-14+,35-33?,37-34?,38-36?;. The van der Waals surface area contributed by atoms with Crippen LogP contribution in [0.2, 0.25) is 0 Å². The molecule has 0 saturated heterocycles. The molecule has 0 unspecified atom stereocenters. The van der Waals surface area contributed by atoms with Gasteiger partial charge in [-0.1, -0.05) is 18.7 Å². The van der Waals surface area contributed by atoms with Gasteiger partial charge in [-0.15, -0.1) is 25.6 Å². The van der Waals surface area contributed by atoms with E-state index in [-0.39, 0.29) is 39.8 Å². The molecule has 0 aliphatic heterocycles. The molecule has 0 aliphatic carbocycles. The van der Waals surface area contributed by atoms with Crippen molar-refractivity contribution in [3.05, 3.63) is 78.0 Å². The van der Waals surface area contributed by atoms with E-state index in [0.29, 0.717) is 18.2 Å². The van der Waals surface area contributed by atoms with Gasteiger partial charge in [-0.05, 0) is 55.8 Å². The molecule has 0 saturated carbocycles. The quantitative estimate of drug-likeness (QED) is 0.0175. The first-order chi connectivity index (χ1) is 25.5. The summed E-state index contributed by atoms with van der Waals surface area (Å²) in [7, 11) is -14.5. The van der Waals surface area contributed by atoms with Crippen molar-refractivity contribution in [1.29, 1.82) is 0 Å². The Bertz CT molecular complexity index is 2770. The number of ether oxygens (including phenoxy) is 1. The van der Waals surface area contributed by atoms with E-state index >= 15 is 0 Å². The zero-order valence-corrected chi connectivity index (χ0v) is 32.0. The predicted molar refractivity (Wildman–Crippen MR) is 191 cm³/mol. The molecule has 0 spiro atoms. The van der Waals surface area contributed by atoms with Crippen molar-refractivity contribution >= 4 is 81.3 Å². The van der Waals surface area contributed by atoms with Crippen LogP contribution in [0.3, 0.4) is 0 Å². The van der Waals surface area contributed by atoms with Crippen molar-refractivity contribution in [2.75, 3.05) is 7.11 Å². The Labute approximate surface area is 327 Å². The fourth-order valence-corrected chi connectivity index (χ4v) is 6.76. The Morgan fingerprint density at radius 1 is 0.714 bits per heavy atom. The number of nitrogens with zero attached hydrogens (tertiary/aromatic N) is 6. The smallest absolute Gasteiger partial charge is 0.296 e. The summed E-state index contributed by atoms with van der Waals surface area (Å²) in [6, 6.07) is 9.47. The first-order valence-corrected chi connectivity index (χ1v) is 19.0. The monoisotopic (exact) mass is 880 g/mol. The maximum absolute atomic E-state index is 12.5. The summed E-state index contributed by atoms with van der Waals surface area (Å²) in [4.78, 5) is 20.4. The molecule has 1 radical (unpaired) electrons. The number of primary amides is 1. The number of benzene rings is 4. The van der Waals surface area contributed by atoms with Crippen molar-refractivity contribution in [1.82, 2.24) is 0 Å². The number of phenols is 2. The molecule has 0 heterocycles. The van der Waals surface area contributed by atoms with E-state index in [1.807, 2.05) is 0 Å². The average molecular weight is 881 g/mol. The number of aromatic hydroxyl groups is 2. The van der Waals surface area contributed by atoms with Gasteiger partial charge in [0.05, 0.1) is 29.5 Å². The van der Waals surface area contributed by atoms with Gasteiger partial charge >= 0.3 is 0 Å². The fourth-order valence-electron chi connectivity index (χ4n) is 4.81. The van der Waals surface area contributed by atoms with Gasteiger partial charge in [-0.3, -0.25) is 23.2 Å². The summed E-state index contributed by atoms with van der Waals surface area (Å²) in [5, 5.41) is 43.1. The Morgan fingerprint density at radius 2 is 1.29 bits per heavy atom. The Kier molecular flexibility index (Phi) is 13.5. The van der Waals surface area contributed by atoms with E-state index in [0.717, 1.165) is 19.1 Å². The van der Waals surface area contributed by atoms with Gasteiger partial charge in [0, 0.05) is 28.5 Å². The third-order valence-corrected chi connectivity index (χ3v) is 10.00. The number of methoxy groups -OCH3 is 1. The largest absolute Gasteiger partial charge is 0.506 e. The second kappa shape index (κ2) is 16.9. The number of allylic oxidation sites excluding steroid dienone is 1. The number of hydrogen-bond donors (Lipinski definition) is 6. The van der Waals surface area contributed by atoms with Gasteiger partial charge in [-0.2, -0.15) is 30.4 Å². The number of Topliss-reactive ketones (excluding diaryl/α,β-unsaturated/α-hetero) is 1. The summed E-state index contributed by atoms with van der Waals surface area (Å²) in [5.41, 5.74) is 1.45. The van der Waals surface area contributed by atoms with Crippen LogP contribution in [0.1, 0.15) is 13.8 Å². The molecule has 25 heteroatoms. The van der Waals surface area contributed by atoms with Gasteiger partial charge in [0.15, 0.2) is 11.5 Å². The van der Waals surface area contributed by atoms with E-state index in [4.69, 9.17) is 10.5 Å². The van der Waals surface area contributed by atoms with Crippen LogP contribution < -0.4 is 10.5 Å². The van der Waals surface area contributed by atoms with Gasteiger partial charge in [0.25, 0.3) is 36.3 Å². The SMILES string of the molecule is C=C(N=Nc1ccc(S(=O)(=O)O)c2cc(S(=O)(=O)O)c(N=Nc3cc(S(=O)(=O)O)c(N=Nc4ccccc4OC)cc3O)c(O)c12)/C(C)=C(\C(C)=O)C(N)=O.[Cu]. The molecular formula is C31H27CuN7O14S3. The maximum atomic E-state index is 12.5. The molecule has 0 aromatic heterocycles. The van der Waals surface area contributed by atoms with Gasteiger partial charge in [-0.25, -0.2) is 0 Å². The number of nitrogens with two attached hydrogens (primary N) is 1. The Morgan fingerprint density at radius 3 is 1.84 bits per heavy atom. The zero-order chi connectivity index (χ0) is 41.2. The van der Waals surface area contributed by atoms with Crippen LogP contribution in [0.5, 0.6) is 17.2 Å². The molecule has 56 heavy (non-hydrogen) atoms. The molecule has 0 fully saturated rings. The van der Waals surface area contributed by atoms with E-state index in [1.54, 1.807) is 12.1 Å². The first kappa shape index (κ1) is 44.6.